The van der Waals surface area contributed by atoms with Crippen LogP contribution >= 0.6 is 11.8 Å². The Morgan fingerprint density at radius 3 is 2.76 bits per heavy atom. The topological polar surface area (TPSA) is 70.6 Å². The lowest BCUT2D eigenvalue weighted by molar-refractivity contribution is -0.137. The Hall–Kier alpha value is -2.03. The first-order valence-electron chi connectivity index (χ1n) is 7.64. The number of benzene rings is 1. The predicted octanol–water partition coefficient (Wildman–Crippen LogP) is 3.28. The second-order valence-corrected chi connectivity index (χ2v) is 7.16. The van der Waals surface area contributed by atoms with E-state index < -0.39 is 22.9 Å². The van der Waals surface area contributed by atoms with Crippen molar-refractivity contribution >= 4 is 34.4 Å². The minimum absolute atomic E-state index is 0.0388. The molecule has 2 amide bonds. The molecule has 1 aromatic rings. The maximum absolute atomic E-state index is 12.7. The number of carbonyl (C=O) groups is 2. The second-order valence-electron chi connectivity index (χ2n) is 5.97. The molecule has 0 aromatic heterocycles. The molecule has 0 bridgehead atoms. The fourth-order valence-electron chi connectivity index (χ4n) is 2.03. The lowest BCUT2D eigenvalue weighted by Crippen LogP contribution is -2.28. The smallest absolute Gasteiger partial charge is 0.326 e. The van der Waals surface area contributed by atoms with E-state index in [1.54, 1.807) is 0 Å². The van der Waals surface area contributed by atoms with Crippen molar-refractivity contribution < 1.29 is 22.8 Å². The summed E-state index contributed by atoms with van der Waals surface area (Å²) in [4.78, 5) is 28.1. The number of anilines is 1. The zero-order chi connectivity index (χ0) is 18.6. The van der Waals surface area contributed by atoms with Crippen molar-refractivity contribution in [3.63, 3.8) is 0 Å². The van der Waals surface area contributed by atoms with Gasteiger partial charge in [0.05, 0.1) is 5.56 Å². The van der Waals surface area contributed by atoms with Gasteiger partial charge < -0.3 is 10.6 Å². The highest BCUT2D eigenvalue weighted by Gasteiger charge is 2.33. The van der Waals surface area contributed by atoms with E-state index in [0.717, 1.165) is 23.9 Å². The molecular formula is C16H18F3N3O2S. The van der Waals surface area contributed by atoms with Crippen molar-refractivity contribution in [3.05, 3.63) is 29.8 Å². The fourth-order valence-corrected chi connectivity index (χ4v) is 3.01. The van der Waals surface area contributed by atoms with Gasteiger partial charge in [0.25, 0.3) is 0 Å². The Kier molecular flexibility index (Phi) is 6.10. The normalized spacial score (nSPS) is 19.4. The van der Waals surface area contributed by atoms with Crippen LogP contribution in [-0.2, 0) is 15.8 Å². The summed E-state index contributed by atoms with van der Waals surface area (Å²) < 4.78 is 38.0. The molecule has 0 aliphatic carbocycles. The number of hydrogen-bond donors (Lipinski definition) is 2. The standard InChI is InChI=1S/C16H18F3N3O2S/c1-9(2)8-20-15-22-14(24)12(25-15)7-13(23)21-11-5-3-4-10(6-11)16(17,18)19/h3-6,9,12H,7-8H2,1-2H3,(H,21,23)(H,20,22,24)/t12-/m0/s1. The van der Waals surface area contributed by atoms with E-state index in [2.05, 4.69) is 15.6 Å². The summed E-state index contributed by atoms with van der Waals surface area (Å²) in [7, 11) is 0. The van der Waals surface area contributed by atoms with E-state index in [-0.39, 0.29) is 18.0 Å². The Morgan fingerprint density at radius 2 is 2.12 bits per heavy atom. The van der Waals surface area contributed by atoms with Crippen molar-refractivity contribution in [1.82, 2.24) is 5.32 Å². The third kappa shape index (κ3) is 5.77. The molecule has 0 saturated carbocycles. The van der Waals surface area contributed by atoms with Crippen LogP contribution in [-0.4, -0.2) is 28.8 Å². The van der Waals surface area contributed by atoms with Crippen molar-refractivity contribution in [2.75, 3.05) is 11.9 Å². The zero-order valence-corrected chi connectivity index (χ0v) is 14.5. The van der Waals surface area contributed by atoms with Crippen LogP contribution in [0.5, 0.6) is 0 Å². The summed E-state index contributed by atoms with van der Waals surface area (Å²) in [6, 6.07) is 4.36. The van der Waals surface area contributed by atoms with Gasteiger partial charge in [-0.05, 0) is 24.1 Å². The molecule has 1 aliphatic heterocycles. The van der Waals surface area contributed by atoms with Gasteiger partial charge in [-0.2, -0.15) is 13.2 Å². The van der Waals surface area contributed by atoms with Crippen molar-refractivity contribution in [2.24, 2.45) is 10.9 Å². The third-order valence-corrected chi connectivity index (χ3v) is 4.34. The summed E-state index contributed by atoms with van der Waals surface area (Å²) in [5.41, 5.74) is -0.807. The number of alkyl halides is 3. The molecule has 136 valence electrons. The average molecular weight is 373 g/mol. The van der Waals surface area contributed by atoms with Gasteiger partial charge >= 0.3 is 6.18 Å². The molecule has 2 rings (SSSR count). The van der Waals surface area contributed by atoms with Crippen LogP contribution in [0.15, 0.2) is 29.3 Å². The van der Waals surface area contributed by atoms with Crippen LogP contribution in [0, 0.1) is 5.92 Å². The number of amidine groups is 1. The lowest BCUT2D eigenvalue weighted by atomic mass is 10.2. The number of thioether (sulfide) groups is 1. The number of carbonyl (C=O) groups excluding carboxylic acids is 2. The predicted molar refractivity (Wildman–Crippen MR) is 91.4 cm³/mol. The number of nitrogens with zero attached hydrogens (tertiary/aromatic N) is 1. The quantitative estimate of drug-likeness (QED) is 0.832. The Bertz CT molecular complexity index is 689. The first-order valence-corrected chi connectivity index (χ1v) is 8.52. The van der Waals surface area contributed by atoms with Crippen LogP contribution in [0.4, 0.5) is 18.9 Å². The molecule has 2 N–H and O–H groups in total. The summed E-state index contributed by atoms with van der Waals surface area (Å²) in [5, 5.41) is 4.82. The van der Waals surface area contributed by atoms with Crippen LogP contribution in [0.2, 0.25) is 0 Å². The van der Waals surface area contributed by atoms with Crippen LogP contribution < -0.4 is 10.6 Å². The summed E-state index contributed by atoms with van der Waals surface area (Å²) >= 11 is 1.16. The first-order chi connectivity index (χ1) is 11.6. The zero-order valence-electron chi connectivity index (χ0n) is 13.7. The molecule has 1 fully saturated rings. The number of amides is 2. The molecule has 0 unspecified atom stereocenters. The highest BCUT2D eigenvalue weighted by Crippen LogP contribution is 2.31. The molecule has 9 heteroatoms. The van der Waals surface area contributed by atoms with Crippen molar-refractivity contribution in [3.8, 4) is 0 Å². The minimum atomic E-state index is -4.48. The van der Waals surface area contributed by atoms with E-state index in [0.29, 0.717) is 17.6 Å². The number of rotatable bonds is 5. The van der Waals surface area contributed by atoms with Gasteiger partial charge in [0, 0.05) is 18.7 Å². The van der Waals surface area contributed by atoms with Gasteiger partial charge in [-0.15, -0.1) is 0 Å². The Morgan fingerprint density at radius 1 is 1.40 bits per heavy atom. The lowest BCUT2D eigenvalue weighted by Gasteiger charge is -2.10. The number of aliphatic imine (C=N–C) groups is 1. The fraction of sp³-hybridized carbons (Fsp3) is 0.438. The number of hydrogen-bond acceptors (Lipinski definition) is 4. The second kappa shape index (κ2) is 7.90. The maximum Gasteiger partial charge on any atom is 0.416 e. The minimum Gasteiger partial charge on any atom is -0.326 e. The van der Waals surface area contributed by atoms with Gasteiger partial charge in [-0.1, -0.05) is 31.7 Å². The molecule has 1 atom stereocenters. The van der Waals surface area contributed by atoms with Gasteiger partial charge in [0.2, 0.25) is 11.8 Å². The number of halogens is 3. The van der Waals surface area contributed by atoms with E-state index in [9.17, 15) is 22.8 Å². The molecule has 1 aromatic carbocycles. The van der Waals surface area contributed by atoms with Gasteiger partial charge in [-0.3, -0.25) is 14.6 Å². The van der Waals surface area contributed by atoms with Crippen molar-refractivity contribution in [2.45, 2.75) is 31.7 Å². The highest BCUT2D eigenvalue weighted by molar-refractivity contribution is 8.15. The van der Waals surface area contributed by atoms with Crippen molar-refractivity contribution in [1.29, 1.82) is 0 Å². The summed E-state index contributed by atoms with van der Waals surface area (Å²) in [6.45, 7) is 4.54. The largest absolute Gasteiger partial charge is 0.416 e. The summed E-state index contributed by atoms with van der Waals surface area (Å²) in [6.07, 6.45) is -4.63. The Labute approximate surface area is 147 Å². The third-order valence-electron chi connectivity index (χ3n) is 3.22. The average Bonchev–Trinajstić information content (AvgIpc) is 2.84. The monoisotopic (exact) mass is 373 g/mol. The van der Waals surface area contributed by atoms with Crippen LogP contribution in [0.3, 0.4) is 0 Å². The molecule has 5 nitrogen and oxygen atoms in total. The van der Waals surface area contributed by atoms with Crippen LogP contribution in [0.25, 0.3) is 0 Å². The molecule has 1 saturated heterocycles. The molecule has 1 heterocycles. The van der Waals surface area contributed by atoms with Gasteiger partial charge in [0.15, 0.2) is 5.17 Å². The molecule has 1 aliphatic rings. The molecule has 0 spiro atoms. The maximum atomic E-state index is 12.7. The van der Waals surface area contributed by atoms with E-state index >= 15 is 0 Å². The molecule has 25 heavy (non-hydrogen) atoms. The first kappa shape index (κ1) is 19.3. The SMILES string of the molecule is CC(C)CN=C1NC(=O)[C@H](CC(=O)Nc2cccc(C(F)(F)F)c2)S1. The van der Waals surface area contributed by atoms with E-state index in [1.807, 2.05) is 13.8 Å². The molecular weight excluding hydrogens is 355 g/mol. The summed E-state index contributed by atoms with van der Waals surface area (Å²) in [5.74, 6) is -0.517. The highest BCUT2D eigenvalue weighted by atomic mass is 32.2. The van der Waals surface area contributed by atoms with E-state index in [4.69, 9.17) is 0 Å². The van der Waals surface area contributed by atoms with E-state index in [1.165, 1.54) is 12.1 Å². The van der Waals surface area contributed by atoms with Gasteiger partial charge in [0.1, 0.15) is 5.25 Å². The number of nitrogens with one attached hydrogen (secondary N) is 2. The van der Waals surface area contributed by atoms with Crippen LogP contribution in [0.1, 0.15) is 25.8 Å². The Balaban J connectivity index is 1.95. The van der Waals surface area contributed by atoms with Gasteiger partial charge in [-0.25, -0.2) is 0 Å². The molecule has 0 radical (unpaired) electrons.